The van der Waals surface area contributed by atoms with Gasteiger partial charge in [0.05, 0.1) is 22.5 Å². The Balaban J connectivity index is 1.54. The van der Waals surface area contributed by atoms with Gasteiger partial charge in [-0.25, -0.2) is 4.39 Å². The summed E-state index contributed by atoms with van der Waals surface area (Å²) in [5, 5.41) is 11.1. The summed E-state index contributed by atoms with van der Waals surface area (Å²) >= 11 is 1.35. The highest BCUT2D eigenvalue weighted by molar-refractivity contribution is 7.98. The van der Waals surface area contributed by atoms with Crippen LogP contribution in [0.3, 0.4) is 0 Å². The van der Waals surface area contributed by atoms with Crippen molar-refractivity contribution in [3.63, 3.8) is 0 Å². The van der Waals surface area contributed by atoms with Gasteiger partial charge in [-0.3, -0.25) is 14.6 Å². The molecule has 34 heavy (non-hydrogen) atoms. The summed E-state index contributed by atoms with van der Waals surface area (Å²) in [4.78, 5) is 29.7. The fraction of sp³-hybridized carbons (Fsp3) is 0.120. The Morgan fingerprint density at radius 3 is 2.65 bits per heavy atom. The van der Waals surface area contributed by atoms with Crippen LogP contribution in [0.2, 0.25) is 0 Å². The number of aromatic amines is 1. The molecule has 1 spiro atoms. The molecule has 4 aromatic rings. The van der Waals surface area contributed by atoms with Crippen molar-refractivity contribution < 1.29 is 13.9 Å². The fourth-order valence-electron chi connectivity index (χ4n) is 4.44. The van der Waals surface area contributed by atoms with E-state index in [-0.39, 0.29) is 11.3 Å². The molecule has 1 amide bonds. The number of aryl methyl sites for hydroxylation is 1. The van der Waals surface area contributed by atoms with Crippen LogP contribution in [0, 0.1) is 12.7 Å². The Hall–Kier alpha value is -3.98. The molecule has 6 rings (SSSR count). The van der Waals surface area contributed by atoms with Gasteiger partial charge >= 0.3 is 22.8 Å². The van der Waals surface area contributed by atoms with E-state index in [1.807, 2.05) is 43.3 Å². The van der Waals surface area contributed by atoms with E-state index in [1.165, 1.54) is 34.6 Å². The van der Waals surface area contributed by atoms with Crippen LogP contribution in [-0.2, 0) is 16.2 Å². The monoisotopic (exact) mass is 472 g/mol. The van der Waals surface area contributed by atoms with E-state index >= 15 is 0 Å². The van der Waals surface area contributed by atoms with E-state index in [0.717, 1.165) is 11.1 Å². The van der Waals surface area contributed by atoms with Crippen LogP contribution in [0.25, 0.3) is 11.3 Å². The molecular weight excluding hydrogens is 453 g/mol. The maximum atomic E-state index is 14.3. The number of hydrogen-bond donors (Lipinski definition) is 3. The van der Waals surface area contributed by atoms with Crippen molar-refractivity contribution in [2.24, 2.45) is 0 Å². The number of carbonyl (C=O) groups excluding carboxylic acids is 1. The molecule has 3 aromatic carbocycles. The number of aromatic nitrogens is 3. The number of rotatable bonds is 3. The first-order chi connectivity index (χ1) is 16.5. The Morgan fingerprint density at radius 1 is 1.03 bits per heavy atom. The van der Waals surface area contributed by atoms with E-state index in [0.29, 0.717) is 33.4 Å². The zero-order valence-electron chi connectivity index (χ0n) is 18.1. The third-order valence-corrected chi connectivity index (χ3v) is 7.03. The second kappa shape index (κ2) is 7.53. The largest absolute Gasteiger partial charge is 0.374 e. The molecule has 0 saturated carbocycles. The summed E-state index contributed by atoms with van der Waals surface area (Å²) in [6, 6.07) is 19.4. The lowest BCUT2D eigenvalue weighted by atomic mass is 9.95. The van der Waals surface area contributed by atoms with Crippen molar-refractivity contribution in [2.45, 2.75) is 23.5 Å². The maximum absolute atomic E-state index is 14.3. The third-order valence-electron chi connectivity index (χ3n) is 6.10. The maximum Gasteiger partial charge on any atom is 0.374 e. The topological polar surface area (TPSA) is 90.8 Å². The standard InChI is InChI=1S/C25H18FN5O2S/c1-14-6-8-15(9-7-14)13-34-24-28-22(32)21-17-4-2-3-5-19(17)29-25(31(21)30-24)18-12-16(26)10-11-20(18)27-23(25)33/h2-12H,13H2,1H3,(H2,27,28,30,32,33)/p+1/t25-/m0/s1. The van der Waals surface area contributed by atoms with Gasteiger partial charge in [0, 0.05) is 10.9 Å². The normalized spacial score (nSPS) is 17.5. The summed E-state index contributed by atoms with van der Waals surface area (Å²) in [5.41, 5.74) is 2.50. The summed E-state index contributed by atoms with van der Waals surface area (Å²) in [6.45, 7) is 2.02. The predicted molar refractivity (Wildman–Crippen MR) is 127 cm³/mol. The quantitative estimate of drug-likeness (QED) is 0.313. The van der Waals surface area contributed by atoms with Crippen LogP contribution in [0.15, 0.2) is 76.7 Å². The average Bonchev–Trinajstić information content (AvgIpc) is 3.10. The minimum atomic E-state index is -1.60. The molecule has 3 heterocycles. The van der Waals surface area contributed by atoms with E-state index in [4.69, 9.17) is 5.10 Å². The van der Waals surface area contributed by atoms with Gasteiger partial charge in [0.15, 0.2) is 0 Å². The highest BCUT2D eigenvalue weighted by atomic mass is 32.2. The first kappa shape index (κ1) is 20.6. The van der Waals surface area contributed by atoms with Gasteiger partial charge in [-0.2, -0.15) is 0 Å². The lowest BCUT2D eigenvalue weighted by molar-refractivity contribution is -0.781. The Labute approximate surface area is 198 Å². The Kier molecular flexibility index (Phi) is 4.56. The van der Waals surface area contributed by atoms with Gasteiger partial charge in [-0.1, -0.05) is 53.7 Å². The molecule has 0 saturated heterocycles. The van der Waals surface area contributed by atoms with Crippen molar-refractivity contribution >= 4 is 29.0 Å². The molecule has 0 radical (unpaired) electrons. The summed E-state index contributed by atoms with van der Waals surface area (Å²) in [7, 11) is 0. The van der Waals surface area contributed by atoms with E-state index in [1.54, 1.807) is 12.1 Å². The minimum absolute atomic E-state index is 0.223. The van der Waals surface area contributed by atoms with Gasteiger partial charge in [0.2, 0.25) is 5.16 Å². The highest BCUT2D eigenvalue weighted by Gasteiger charge is 2.62. The zero-order chi connectivity index (χ0) is 23.4. The van der Waals surface area contributed by atoms with Crippen molar-refractivity contribution in [2.75, 3.05) is 10.6 Å². The smallest absolute Gasteiger partial charge is 0.317 e. The number of para-hydroxylation sites is 1. The van der Waals surface area contributed by atoms with E-state index < -0.39 is 17.4 Å². The third kappa shape index (κ3) is 3.04. The first-order valence-corrected chi connectivity index (χ1v) is 11.7. The summed E-state index contributed by atoms with van der Waals surface area (Å²) < 4.78 is 15.7. The Bertz CT molecular complexity index is 1540. The molecule has 0 fully saturated rings. The molecule has 2 aliphatic heterocycles. The number of anilines is 2. The second-order valence-corrected chi connectivity index (χ2v) is 9.28. The number of benzene rings is 3. The van der Waals surface area contributed by atoms with Crippen LogP contribution in [0.5, 0.6) is 0 Å². The zero-order valence-corrected chi connectivity index (χ0v) is 18.9. The lowest BCUT2D eigenvalue weighted by Gasteiger charge is -2.28. The molecule has 9 heteroatoms. The highest BCUT2D eigenvalue weighted by Crippen LogP contribution is 2.41. The number of H-pyrrole nitrogens is 1. The van der Waals surface area contributed by atoms with Gasteiger partial charge in [0.1, 0.15) is 5.82 Å². The number of halogens is 1. The SMILES string of the molecule is Cc1ccc(CSc2n[n+]3c(c(=O)[nH]2)-c2ccccc2N[C@]32C(=O)Nc3ccc(F)cc32)cc1. The molecule has 2 aliphatic rings. The number of carbonyl (C=O) groups is 1. The molecular formula is C25H19FN5O2S+. The number of thioether (sulfide) groups is 1. The molecule has 1 atom stereocenters. The van der Waals surface area contributed by atoms with Crippen molar-refractivity contribution in [1.29, 1.82) is 0 Å². The van der Waals surface area contributed by atoms with Crippen LogP contribution in [0.4, 0.5) is 15.8 Å². The molecule has 0 aliphatic carbocycles. The van der Waals surface area contributed by atoms with Gasteiger partial charge < -0.3 is 10.6 Å². The number of hydrogen-bond acceptors (Lipinski definition) is 5. The molecule has 1 aromatic heterocycles. The van der Waals surface area contributed by atoms with Gasteiger partial charge in [0.25, 0.3) is 0 Å². The van der Waals surface area contributed by atoms with Crippen LogP contribution in [0.1, 0.15) is 16.7 Å². The average molecular weight is 473 g/mol. The fourth-order valence-corrected chi connectivity index (χ4v) is 5.24. The van der Waals surface area contributed by atoms with Gasteiger partial charge in [-0.05, 0) is 47.5 Å². The van der Waals surface area contributed by atoms with Crippen molar-refractivity contribution in [1.82, 2.24) is 10.1 Å². The predicted octanol–water partition coefficient (Wildman–Crippen LogP) is 3.54. The van der Waals surface area contributed by atoms with Crippen LogP contribution < -0.4 is 20.9 Å². The number of fused-ring (bicyclic) bond motifs is 6. The molecule has 168 valence electrons. The number of nitrogens with one attached hydrogen (secondary N) is 3. The van der Waals surface area contributed by atoms with Crippen molar-refractivity contribution in [3.05, 3.63) is 99.6 Å². The lowest BCUT2D eigenvalue weighted by Crippen LogP contribution is -2.71. The minimum Gasteiger partial charge on any atom is -0.317 e. The van der Waals surface area contributed by atoms with Crippen molar-refractivity contribution in [3.8, 4) is 11.3 Å². The molecule has 3 N–H and O–H groups in total. The van der Waals surface area contributed by atoms with Crippen LogP contribution >= 0.6 is 11.8 Å². The number of amides is 1. The molecule has 0 bridgehead atoms. The summed E-state index contributed by atoms with van der Waals surface area (Å²) in [6.07, 6.45) is 0. The molecule has 0 unspecified atom stereocenters. The summed E-state index contributed by atoms with van der Waals surface area (Å²) in [5.74, 6) is -0.352. The first-order valence-electron chi connectivity index (χ1n) is 10.7. The van der Waals surface area contributed by atoms with E-state index in [2.05, 4.69) is 15.6 Å². The van der Waals surface area contributed by atoms with Crippen LogP contribution in [-0.4, -0.2) is 16.0 Å². The molecule has 7 nitrogen and oxygen atoms in total. The van der Waals surface area contributed by atoms with E-state index in [9.17, 15) is 14.0 Å². The number of nitrogens with zero attached hydrogens (tertiary/aromatic N) is 2. The Morgan fingerprint density at radius 2 is 1.82 bits per heavy atom. The second-order valence-electron chi connectivity index (χ2n) is 8.32. The van der Waals surface area contributed by atoms with Gasteiger partial charge in [-0.15, -0.1) is 0 Å².